The topological polar surface area (TPSA) is 69.3 Å². The van der Waals surface area contributed by atoms with E-state index in [-0.39, 0.29) is 24.0 Å². The predicted molar refractivity (Wildman–Crippen MR) is 108 cm³/mol. The Morgan fingerprint density at radius 2 is 1.74 bits per heavy atom. The van der Waals surface area contributed by atoms with Gasteiger partial charge in [0, 0.05) is 19.4 Å². The maximum Gasteiger partial charge on any atom is 0.287 e. The Bertz CT molecular complexity index is 1170. The average Bonchev–Trinajstić information content (AvgIpc) is 3.41. The average molecular weight is 423 g/mol. The van der Waals surface area contributed by atoms with Crippen LogP contribution in [0.3, 0.4) is 0 Å². The molecule has 0 aliphatic carbocycles. The molecule has 4 rings (SSSR count). The lowest BCUT2D eigenvalue weighted by Gasteiger charge is -2.18. The van der Waals surface area contributed by atoms with Gasteiger partial charge in [-0.3, -0.25) is 4.79 Å². The second kappa shape index (κ2) is 8.83. The van der Waals surface area contributed by atoms with Crippen molar-refractivity contribution in [3.8, 4) is 5.75 Å². The lowest BCUT2D eigenvalue weighted by molar-refractivity contribution is 0.0909. The van der Waals surface area contributed by atoms with Crippen LogP contribution in [-0.4, -0.2) is 15.5 Å². The molecule has 0 fully saturated rings. The van der Waals surface area contributed by atoms with Crippen LogP contribution in [0.5, 0.6) is 5.75 Å². The van der Waals surface area contributed by atoms with Crippen LogP contribution in [-0.2, 0) is 13.7 Å². The summed E-state index contributed by atoms with van der Waals surface area (Å²) < 4.78 is 39.2. The van der Waals surface area contributed by atoms with Crippen molar-refractivity contribution in [1.82, 2.24) is 14.9 Å². The van der Waals surface area contributed by atoms with Crippen molar-refractivity contribution in [2.75, 3.05) is 0 Å². The zero-order chi connectivity index (χ0) is 21.8. The molecular formula is C23H19F2N3O3. The van der Waals surface area contributed by atoms with Gasteiger partial charge in [-0.25, -0.2) is 13.8 Å². The molecule has 0 aliphatic rings. The Labute approximate surface area is 177 Å². The molecule has 8 heteroatoms. The molecule has 4 aromatic rings. The van der Waals surface area contributed by atoms with Crippen LogP contribution in [0.2, 0.25) is 0 Å². The molecule has 6 nitrogen and oxygen atoms in total. The fourth-order valence-corrected chi connectivity index (χ4v) is 3.07. The van der Waals surface area contributed by atoms with E-state index < -0.39 is 11.9 Å². The molecule has 0 radical (unpaired) electrons. The second-order valence-electron chi connectivity index (χ2n) is 6.86. The maximum absolute atomic E-state index is 13.4. The summed E-state index contributed by atoms with van der Waals surface area (Å²) in [7, 11) is 1.81. The third-order valence-electron chi connectivity index (χ3n) is 4.68. The number of halogens is 2. The highest BCUT2D eigenvalue weighted by atomic mass is 19.1. The van der Waals surface area contributed by atoms with Gasteiger partial charge in [-0.2, -0.15) is 0 Å². The summed E-state index contributed by atoms with van der Waals surface area (Å²) in [6.45, 7) is 0.0830. The number of hydrogen-bond acceptors (Lipinski definition) is 4. The molecule has 2 aromatic heterocycles. The maximum atomic E-state index is 13.4. The van der Waals surface area contributed by atoms with E-state index in [4.69, 9.17) is 9.15 Å². The molecule has 158 valence electrons. The lowest BCUT2D eigenvalue weighted by atomic mass is 10.1. The summed E-state index contributed by atoms with van der Waals surface area (Å²) in [5.74, 6) is 0.425. The number of ether oxygens (including phenoxy) is 1. The van der Waals surface area contributed by atoms with Gasteiger partial charge < -0.3 is 19.0 Å². The van der Waals surface area contributed by atoms with Crippen LogP contribution in [0.15, 0.2) is 77.5 Å². The molecule has 1 unspecified atom stereocenters. The Kier molecular flexibility index (Phi) is 5.79. The smallest absolute Gasteiger partial charge is 0.287 e. The number of nitrogens with one attached hydrogen (secondary N) is 1. The number of furan rings is 1. The van der Waals surface area contributed by atoms with Crippen LogP contribution >= 0.6 is 0 Å². The van der Waals surface area contributed by atoms with Crippen LogP contribution < -0.4 is 10.1 Å². The van der Waals surface area contributed by atoms with Crippen molar-refractivity contribution in [2.45, 2.75) is 12.6 Å². The Morgan fingerprint density at radius 1 is 1.06 bits per heavy atom. The molecule has 1 N–H and O–H groups in total. The fraction of sp³-hybridized carbons (Fsp3) is 0.130. The lowest BCUT2D eigenvalue weighted by Crippen LogP contribution is -2.30. The molecule has 0 saturated heterocycles. The number of imidazole rings is 1. The highest BCUT2D eigenvalue weighted by Crippen LogP contribution is 2.22. The Morgan fingerprint density at radius 3 is 2.39 bits per heavy atom. The van der Waals surface area contributed by atoms with Gasteiger partial charge in [0.25, 0.3) is 5.91 Å². The van der Waals surface area contributed by atoms with Gasteiger partial charge >= 0.3 is 0 Å². The van der Waals surface area contributed by atoms with Crippen LogP contribution in [0.1, 0.15) is 33.7 Å². The molecule has 1 atom stereocenters. The van der Waals surface area contributed by atoms with E-state index in [2.05, 4.69) is 10.3 Å². The van der Waals surface area contributed by atoms with Crippen molar-refractivity contribution < 1.29 is 22.7 Å². The van der Waals surface area contributed by atoms with Gasteiger partial charge in [0.15, 0.2) is 5.76 Å². The number of carbonyl (C=O) groups is 1. The molecule has 0 aliphatic heterocycles. The SMILES string of the molecule is Cn1ccnc1C(NC(=O)c1ccc(COc2ccc(F)cc2)o1)c1ccc(F)cc1. The van der Waals surface area contributed by atoms with E-state index in [0.29, 0.717) is 22.9 Å². The molecule has 0 bridgehead atoms. The van der Waals surface area contributed by atoms with Crippen molar-refractivity contribution in [3.63, 3.8) is 0 Å². The molecule has 0 saturated carbocycles. The van der Waals surface area contributed by atoms with E-state index >= 15 is 0 Å². The number of nitrogens with zero attached hydrogens (tertiary/aromatic N) is 2. The summed E-state index contributed by atoms with van der Waals surface area (Å²) >= 11 is 0. The minimum absolute atomic E-state index is 0.0830. The molecule has 31 heavy (non-hydrogen) atoms. The quantitative estimate of drug-likeness (QED) is 0.479. The molecule has 1 amide bonds. The minimum Gasteiger partial charge on any atom is -0.486 e. The van der Waals surface area contributed by atoms with Crippen LogP contribution in [0.25, 0.3) is 0 Å². The third-order valence-corrected chi connectivity index (χ3v) is 4.68. The number of amides is 1. The summed E-state index contributed by atoms with van der Waals surface area (Å²) in [6.07, 6.45) is 3.38. The first-order valence-corrected chi connectivity index (χ1v) is 9.50. The standard InChI is InChI=1S/C23H19F2N3O3/c1-28-13-12-26-22(28)21(15-2-4-16(24)5-3-15)27-23(29)20-11-10-19(31-20)14-30-18-8-6-17(25)7-9-18/h2-13,21H,14H2,1H3,(H,27,29). The number of aromatic nitrogens is 2. The molecule has 2 aromatic carbocycles. The fourth-order valence-electron chi connectivity index (χ4n) is 3.07. The van der Waals surface area contributed by atoms with Gasteiger partial charge in [-0.1, -0.05) is 12.1 Å². The van der Waals surface area contributed by atoms with Crippen molar-refractivity contribution in [3.05, 3.63) is 108 Å². The van der Waals surface area contributed by atoms with E-state index in [1.165, 1.54) is 36.4 Å². The van der Waals surface area contributed by atoms with E-state index in [1.54, 1.807) is 41.2 Å². The van der Waals surface area contributed by atoms with Gasteiger partial charge in [0.05, 0.1) is 0 Å². The Hall–Kier alpha value is -3.94. The van der Waals surface area contributed by atoms with Gasteiger partial charge in [-0.05, 0) is 54.1 Å². The van der Waals surface area contributed by atoms with Crippen LogP contribution in [0, 0.1) is 11.6 Å². The largest absolute Gasteiger partial charge is 0.486 e. The second-order valence-corrected chi connectivity index (χ2v) is 6.86. The number of benzene rings is 2. The summed E-state index contributed by atoms with van der Waals surface area (Å²) in [5, 5.41) is 2.88. The normalized spacial score (nSPS) is 11.8. The first-order chi connectivity index (χ1) is 15.0. The highest BCUT2D eigenvalue weighted by molar-refractivity contribution is 5.92. The molecule has 0 spiro atoms. The monoisotopic (exact) mass is 423 g/mol. The zero-order valence-corrected chi connectivity index (χ0v) is 16.6. The number of rotatable bonds is 7. The summed E-state index contributed by atoms with van der Waals surface area (Å²) in [5.41, 5.74) is 0.676. The molecular weight excluding hydrogens is 404 g/mol. The minimum atomic E-state index is -0.600. The van der Waals surface area contributed by atoms with E-state index in [1.807, 2.05) is 7.05 Å². The van der Waals surface area contributed by atoms with Crippen LogP contribution in [0.4, 0.5) is 8.78 Å². The van der Waals surface area contributed by atoms with Gasteiger partial charge in [0.1, 0.15) is 41.6 Å². The summed E-state index contributed by atoms with van der Waals surface area (Å²) in [6, 6.07) is 14.0. The van der Waals surface area contributed by atoms with E-state index in [9.17, 15) is 13.6 Å². The summed E-state index contributed by atoms with van der Waals surface area (Å²) in [4.78, 5) is 17.1. The van der Waals surface area contributed by atoms with Crippen molar-refractivity contribution in [2.24, 2.45) is 7.05 Å². The predicted octanol–water partition coefficient (Wildman–Crippen LogP) is 4.39. The van der Waals surface area contributed by atoms with Crippen molar-refractivity contribution in [1.29, 1.82) is 0 Å². The number of carbonyl (C=O) groups excluding carboxylic acids is 1. The number of hydrogen-bond donors (Lipinski definition) is 1. The molecule has 2 heterocycles. The third kappa shape index (κ3) is 4.80. The first kappa shape index (κ1) is 20.3. The van der Waals surface area contributed by atoms with Gasteiger partial charge in [0.2, 0.25) is 0 Å². The number of aryl methyl sites for hydroxylation is 1. The first-order valence-electron chi connectivity index (χ1n) is 9.50. The Balaban J connectivity index is 1.48. The van der Waals surface area contributed by atoms with Crippen molar-refractivity contribution >= 4 is 5.91 Å². The van der Waals surface area contributed by atoms with E-state index in [0.717, 1.165) is 0 Å². The highest BCUT2D eigenvalue weighted by Gasteiger charge is 2.23. The zero-order valence-electron chi connectivity index (χ0n) is 16.6. The van der Waals surface area contributed by atoms with Gasteiger partial charge in [-0.15, -0.1) is 0 Å².